The monoisotopic (exact) mass is 349 g/mol. The van der Waals surface area contributed by atoms with Crippen LogP contribution in [0.4, 0.5) is 0 Å². The first-order valence-corrected chi connectivity index (χ1v) is 8.31. The first kappa shape index (κ1) is 18.6. The van der Waals surface area contributed by atoms with Crippen molar-refractivity contribution in [3.8, 4) is 11.5 Å². The van der Waals surface area contributed by atoms with Gasteiger partial charge in [-0.1, -0.05) is 29.8 Å². The fraction of sp³-hybridized carbons (Fsp3) is 0.368. The number of hydrogen-bond acceptors (Lipinski definition) is 4. The van der Waals surface area contributed by atoms with E-state index in [4.69, 9.17) is 31.5 Å². The molecule has 1 atom stereocenters. The number of halogens is 1. The molecule has 0 amide bonds. The second-order valence-electron chi connectivity index (χ2n) is 5.55. The third-order valence-electron chi connectivity index (χ3n) is 3.71. The van der Waals surface area contributed by atoms with Gasteiger partial charge in [-0.25, -0.2) is 0 Å². The lowest BCUT2D eigenvalue weighted by atomic mass is 9.99. The molecule has 2 rings (SSSR count). The Morgan fingerprint density at radius 3 is 2.58 bits per heavy atom. The topological polar surface area (TPSA) is 53.7 Å². The molecular weight excluding hydrogens is 326 g/mol. The SMILES string of the molecule is COCCCOc1cc(CC(N)c2cccc(Cl)c2)ccc1OC. The summed E-state index contributed by atoms with van der Waals surface area (Å²) in [6.45, 7) is 1.25. The molecule has 5 heteroatoms. The average molecular weight is 350 g/mol. The molecule has 2 N–H and O–H groups in total. The first-order chi connectivity index (χ1) is 11.6. The Labute approximate surface area is 148 Å². The van der Waals surface area contributed by atoms with Crippen LogP contribution in [-0.4, -0.2) is 27.4 Å². The van der Waals surface area contributed by atoms with Crippen LogP contribution in [0.15, 0.2) is 42.5 Å². The smallest absolute Gasteiger partial charge is 0.161 e. The molecule has 0 saturated carbocycles. The van der Waals surface area contributed by atoms with E-state index in [1.165, 1.54) is 0 Å². The molecule has 0 fully saturated rings. The molecule has 2 aromatic rings. The van der Waals surface area contributed by atoms with Crippen molar-refractivity contribution in [2.24, 2.45) is 5.73 Å². The van der Waals surface area contributed by atoms with E-state index < -0.39 is 0 Å². The molecule has 0 saturated heterocycles. The van der Waals surface area contributed by atoms with Gasteiger partial charge < -0.3 is 19.9 Å². The minimum absolute atomic E-state index is 0.126. The maximum Gasteiger partial charge on any atom is 0.161 e. The molecule has 0 radical (unpaired) electrons. The summed E-state index contributed by atoms with van der Waals surface area (Å²) in [5.41, 5.74) is 8.41. The molecule has 0 bridgehead atoms. The van der Waals surface area contributed by atoms with E-state index >= 15 is 0 Å². The highest BCUT2D eigenvalue weighted by Gasteiger charge is 2.11. The Bertz CT molecular complexity index is 648. The third kappa shape index (κ3) is 5.41. The molecule has 0 aliphatic rings. The average Bonchev–Trinajstić information content (AvgIpc) is 2.59. The zero-order chi connectivity index (χ0) is 17.4. The van der Waals surface area contributed by atoms with Gasteiger partial charge in [0.15, 0.2) is 11.5 Å². The fourth-order valence-corrected chi connectivity index (χ4v) is 2.65. The maximum atomic E-state index is 6.31. The van der Waals surface area contributed by atoms with Crippen molar-refractivity contribution in [1.82, 2.24) is 0 Å². The van der Waals surface area contributed by atoms with Gasteiger partial charge in [0.25, 0.3) is 0 Å². The summed E-state index contributed by atoms with van der Waals surface area (Å²) >= 11 is 6.04. The summed E-state index contributed by atoms with van der Waals surface area (Å²) in [5, 5.41) is 0.694. The van der Waals surface area contributed by atoms with Crippen LogP contribution in [0.2, 0.25) is 5.02 Å². The molecule has 0 aliphatic carbocycles. The molecule has 0 heterocycles. The van der Waals surface area contributed by atoms with E-state index in [1.54, 1.807) is 14.2 Å². The van der Waals surface area contributed by atoms with Gasteiger partial charge in [-0.2, -0.15) is 0 Å². The van der Waals surface area contributed by atoms with Gasteiger partial charge in [0.2, 0.25) is 0 Å². The van der Waals surface area contributed by atoms with E-state index in [0.717, 1.165) is 23.3 Å². The van der Waals surface area contributed by atoms with Crippen LogP contribution in [0.25, 0.3) is 0 Å². The van der Waals surface area contributed by atoms with Gasteiger partial charge in [-0.15, -0.1) is 0 Å². The minimum atomic E-state index is -0.126. The maximum absolute atomic E-state index is 6.31. The fourth-order valence-electron chi connectivity index (χ4n) is 2.46. The van der Waals surface area contributed by atoms with Gasteiger partial charge >= 0.3 is 0 Å². The largest absolute Gasteiger partial charge is 0.493 e. The van der Waals surface area contributed by atoms with E-state index in [0.29, 0.717) is 30.4 Å². The van der Waals surface area contributed by atoms with Gasteiger partial charge in [0.1, 0.15) is 0 Å². The lowest BCUT2D eigenvalue weighted by Gasteiger charge is -2.15. The normalized spacial score (nSPS) is 12.0. The molecule has 0 aromatic heterocycles. The zero-order valence-corrected chi connectivity index (χ0v) is 14.9. The molecule has 0 spiro atoms. The molecule has 24 heavy (non-hydrogen) atoms. The summed E-state index contributed by atoms with van der Waals surface area (Å²) < 4.78 is 16.2. The lowest BCUT2D eigenvalue weighted by Crippen LogP contribution is -2.13. The van der Waals surface area contributed by atoms with E-state index in [2.05, 4.69) is 0 Å². The number of benzene rings is 2. The van der Waals surface area contributed by atoms with Gasteiger partial charge in [0.05, 0.1) is 13.7 Å². The summed E-state index contributed by atoms with van der Waals surface area (Å²) in [5.74, 6) is 1.44. The van der Waals surface area contributed by atoms with E-state index in [9.17, 15) is 0 Å². The number of nitrogens with two attached hydrogens (primary N) is 1. The number of rotatable bonds is 9. The Morgan fingerprint density at radius 1 is 1.04 bits per heavy atom. The summed E-state index contributed by atoms with van der Waals surface area (Å²) in [7, 11) is 3.31. The summed E-state index contributed by atoms with van der Waals surface area (Å²) in [4.78, 5) is 0. The number of hydrogen-bond donors (Lipinski definition) is 1. The van der Waals surface area contributed by atoms with Crippen molar-refractivity contribution in [2.75, 3.05) is 27.4 Å². The highest BCUT2D eigenvalue weighted by atomic mass is 35.5. The summed E-state index contributed by atoms with van der Waals surface area (Å²) in [6.07, 6.45) is 1.52. The Morgan fingerprint density at radius 2 is 1.88 bits per heavy atom. The molecule has 4 nitrogen and oxygen atoms in total. The van der Waals surface area contributed by atoms with Crippen LogP contribution in [0.1, 0.15) is 23.6 Å². The van der Waals surface area contributed by atoms with E-state index in [-0.39, 0.29) is 6.04 Å². The quantitative estimate of drug-likeness (QED) is 0.695. The van der Waals surface area contributed by atoms with Crippen LogP contribution in [0, 0.1) is 0 Å². The second kappa shape index (κ2) is 9.52. The standard InChI is InChI=1S/C19H24ClNO3/c1-22-9-4-10-24-19-12-14(7-8-18(19)23-2)11-17(21)15-5-3-6-16(20)13-15/h3,5-8,12-13,17H,4,9-11,21H2,1-2H3. The van der Waals surface area contributed by atoms with E-state index in [1.807, 2.05) is 42.5 Å². The first-order valence-electron chi connectivity index (χ1n) is 7.93. The van der Waals surface area contributed by atoms with Gasteiger partial charge in [-0.05, 0) is 41.8 Å². The van der Waals surface area contributed by atoms with Crippen LogP contribution in [0.5, 0.6) is 11.5 Å². The van der Waals surface area contributed by atoms with Crippen molar-refractivity contribution >= 4 is 11.6 Å². The molecule has 0 aliphatic heterocycles. The van der Waals surface area contributed by atoms with Crippen LogP contribution in [-0.2, 0) is 11.2 Å². The van der Waals surface area contributed by atoms with Gasteiger partial charge in [-0.3, -0.25) is 0 Å². The van der Waals surface area contributed by atoms with Crippen molar-refractivity contribution in [1.29, 1.82) is 0 Å². The minimum Gasteiger partial charge on any atom is -0.493 e. The molecule has 2 aromatic carbocycles. The van der Waals surface area contributed by atoms with Crippen molar-refractivity contribution in [2.45, 2.75) is 18.9 Å². The highest BCUT2D eigenvalue weighted by Crippen LogP contribution is 2.30. The van der Waals surface area contributed by atoms with Crippen molar-refractivity contribution in [3.05, 3.63) is 58.6 Å². The number of ether oxygens (including phenoxy) is 3. The zero-order valence-electron chi connectivity index (χ0n) is 14.1. The Balaban J connectivity index is 2.06. The predicted octanol–water partition coefficient (Wildman–Crippen LogP) is 4.01. The van der Waals surface area contributed by atoms with Crippen LogP contribution < -0.4 is 15.2 Å². The lowest BCUT2D eigenvalue weighted by molar-refractivity contribution is 0.170. The predicted molar refractivity (Wildman–Crippen MR) is 97.1 cm³/mol. The number of methoxy groups -OCH3 is 2. The summed E-state index contributed by atoms with van der Waals surface area (Å²) in [6, 6.07) is 13.4. The Hall–Kier alpha value is -1.75. The van der Waals surface area contributed by atoms with Crippen molar-refractivity contribution in [3.63, 3.8) is 0 Å². The second-order valence-corrected chi connectivity index (χ2v) is 5.98. The third-order valence-corrected chi connectivity index (χ3v) is 3.95. The Kier molecular flexibility index (Phi) is 7.37. The highest BCUT2D eigenvalue weighted by molar-refractivity contribution is 6.30. The molecule has 1 unspecified atom stereocenters. The molecular formula is C19H24ClNO3. The molecule has 130 valence electrons. The van der Waals surface area contributed by atoms with Gasteiger partial charge in [0, 0.05) is 31.2 Å². The van der Waals surface area contributed by atoms with Crippen molar-refractivity contribution < 1.29 is 14.2 Å². The van der Waals surface area contributed by atoms with Crippen LogP contribution >= 0.6 is 11.6 Å². The van der Waals surface area contributed by atoms with Crippen LogP contribution in [0.3, 0.4) is 0 Å².